The second-order valence-electron chi connectivity index (χ2n) is 5.10. The Morgan fingerprint density at radius 1 is 1.30 bits per heavy atom. The van der Waals surface area contributed by atoms with Crippen molar-refractivity contribution in [3.05, 3.63) is 54.1 Å². The van der Waals surface area contributed by atoms with Crippen molar-refractivity contribution in [1.29, 1.82) is 10.8 Å². The fourth-order valence-electron chi connectivity index (χ4n) is 1.85. The van der Waals surface area contributed by atoms with Gasteiger partial charge in [-0.1, -0.05) is 18.2 Å². The molecule has 1 aromatic carbocycles. The number of Topliss-reactive ketones (excluding diaryl/α,β-unsaturated/α-hetero) is 1. The number of methoxy groups -OCH3 is 1. The molecule has 0 aromatic heterocycles. The van der Waals surface area contributed by atoms with Gasteiger partial charge in [0, 0.05) is 24.1 Å². The minimum Gasteiger partial charge on any atom is -0.491 e. The van der Waals surface area contributed by atoms with Crippen LogP contribution in [-0.4, -0.2) is 30.9 Å². The number of benzene rings is 1. The maximum absolute atomic E-state index is 12.4. The molecule has 0 saturated heterocycles. The Labute approximate surface area is 135 Å². The van der Waals surface area contributed by atoms with E-state index in [2.05, 4.69) is 10.6 Å². The molecule has 1 saturated carbocycles. The van der Waals surface area contributed by atoms with Crippen LogP contribution in [0.15, 0.2) is 54.1 Å². The molecule has 0 unspecified atom stereocenters. The molecule has 0 amide bonds. The number of para-hydroxylation sites is 1. The smallest absolute Gasteiger partial charge is 0.248 e. The molecule has 2 rings (SSSR count). The van der Waals surface area contributed by atoms with Crippen molar-refractivity contribution >= 4 is 23.4 Å². The van der Waals surface area contributed by atoms with E-state index in [0.717, 1.165) is 24.7 Å². The van der Waals surface area contributed by atoms with E-state index in [1.165, 1.54) is 19.4 Å². The highest BCUT2D eigenvalue weighted by atomic mass is 16.5. The summed E-state index contributed by atoms with van der Waals surface area (Å²) in [5.74, 6) is -0.468. The second kappa shape index (κ2) is 7.93. The molecule has 1 aliphatic carbocycles. The van der Waals surface area contributed by atoms with E-state index in [0.29, 0.717) is 6.04 Å². The third-order valence-corrected chi connectivity index (χ3v) is 3.27. The van der Waals surface area contributed by atoms with Crippen LogP contribution in [0.2, 0.25) is 0 Å². The van der Waals surface area contributed by atoms with Crippen molar-refractivity contribution in [2.75, 3.05) is 12.4 Å². The molecular weight excluding hydrogens is 292 g/mol. The van der Waals surface area contributed by atoms with Gasteiger partial charge in [-0.05, 0) is 31.1 Å². The molecule has 0 heterocycles. The Morgan fingerprint density at radius 2 is 2.00 bits per heavy atom. The number of hydrogen-bond acceptors (Lipinski definition) is 6. The van der Waals surface area contributed by atoms with Crippen molar-refractivity contribution in [1.82, 2.24) is 5.32 Å². The molecule has 1 aromatic rings. The largest absolute Gasteiger partial charge is 0.491 e. The number of rotatable bonds is 9. The Morgan fingerprint density at radius 3 is 2.57 bits per heavy atom. The predicted octanol–water partition coefficient (Wildman–Crippen LogP) is 2.46. The quantitative estimate of drug-likeness (QED) is 0.320. The second-order valence-corrected chi connectivity index (χ2v) is 5.10. The summed E-state index contributed by atoms with van der Waals surface area (Å²) in [6.07, 6.45) is 6.07. The van der Waals surface area contributed by atoms with Gasteiger partial charge in [-0.15, -0.1) is 0 Å². The number of nitrogens with one attached hydrogen (secondary N) is 4. The Kier molecular flexibility index (Phi) is 5.68. The summed E-state index contributed by atoms with van der Waals surface area (Å²) in [5.41, 5.74) is 0.714. The predicted molar refractivity (Wildman–Crippen MR) is 90.9 cm³/mol. The molecule has 0 spiro atoms. The summed E-state index contributed by atoms with van der Waals surface area (Å²) < 4.78 is 5.09. The lowest BCUT2D eigenvalue weighted by Crippen LogP contribution is -2.24. The van der Waals surface area contributed by atoms with Crippen LogP contribution in [0.3, 0.4) is 0 Å². The van der Waals surface area contributed by atoms with E-state index < -0.39 is 5.78 Å². The fourth-order valence-corrected chi connectivity index (χ4v) is 1.85. The summed E-state index contributed by atoms with van der Waals surface area (Å²) in [4.78, 5) is 12.4. The van der Waals surface area contributed by atoms with E-state index >= 15 is 0 Å². The number of carbonyl (C=O) groups is 1. The summed E-state index contributed by atoms with van der Waals surface area (Å²) in [6.45, 7) is 0. The topological polar surface area (TPSA) is 98.1 Å². The van der Waals surface area contributed by atoms with Crippen LogP contribution in [0.25, 0.3) is 0 Å². The first-order valence-corrected chi connectivity index (χ1v) is 7.32. The van der Waals surface area contributed by atoms with Crippen LogP contribution >= 0.6 is 0 Å². The highest BCUT2D eigenvalue weighted by Crippen LogP contribution is 2.19. The van der Waals surface area contributed by atoms with Crippen LogP contribution < -0.4 is 10.6 Å². The van der Waals surface area contributed by atoms with Crippen molar-refractivity contribution in [2.45, 2.75) is 18.9 Å². The van der Waals surface area contributed by atoms with Crippen LogP contribution in [0.4, 0.5) is 5.69 Å². The minimum absolute atomic E-state index is 0.0765. The number of ketones is 1. The van der Waals surface area contributed by atoms with Gasteiger partial charge in [-0.2, -0.15) is 0 Å². The van der Waals surface area contributed by atoms with Gasteiger partial charge in [0.1, 0.15) is 5.71 Å². The highest BCUT2D eigenvalue weighted by molar-refractivity contribution is 6.50. The van der Waals surface area contributed by atoms with Gasteiger partial charge >= 0.3 is 0 Å². The molecular formula is C17H20N4O2. The SMILES string of the molecule is CO/C(=C/NC1CC1)C(=O)C(=N)/C(=C/C=N)Nc1ccccc1. The number of allylic oxidation sites excluding steroid dienone is 3. The van der Waals surface area contributed by atoms with Gasteiger partial charge in [-0.25, -0.2) is 0 Å². The minimum atomic E-state index is -0.544. The van der Waals surface area contributed by atoms with Gasteiger partial charge in [0.2, 0.25) is 5.78 Å². The van der Waals surface area contributed by atoms with E-state index in [1.807, 2.05) is 30.3 Å². The number of ether oxygens (including phenoxy) is 1. The maximum atomic E-state index is 12.4. The van der Waals surface area contributed by atoms with Gasteiger partial charge in [0.05, 0.1) is 12.8 Å². The van der Waals surface area contributed by atoms with E-state index in [1.54, 1.807) is 0 Å². The Bertz CT molecular complexity index is 646. The third kappa shape index (κ3) is 4.81. The first kappa shape index (κ1) is 16.5. The lowest BCUT2D eigenvalue weighted by Gasteiger charge is -2.12. The highest BCUT2D eigenvalue weighted by Gasteiger charge is 2.23. The lowest BCUT2D eigenvalue weighted by molar-refractivity contribution is -0.112. The molecule has 0 aliphatic heterocycles. The Hall–Kier alpha value is -2.89. The van der Waals surface area contributed by atoms with E-state index in [9.17, 15) is 4.79 Å². The molecule has 120 valence electrons. The average Bonchev–Trinajstić information content (AvgIpc) is 3.39. The first-order chi connectivity index (χ1) is 11.2. The Balaban J connectivity index is 2.12. The molecule has 0 bridgehead atoms. The van der Waals surface area contributed by atoms with E-state index in [4.69, 9.17) is 15.6 Å². The van der Waals surface area contributed by atoms with Crippen LogP contribution in [0, 0.1) is 10.8 Å². The summed E-state index contributed by atoms with van der Waals surface area (Å²) in [6, 6.07) is 9.58. The molecule has 6 nitrogen and oxygen atoms in total. The average molecular weight is 312 g/mol. The van der Waals surface area contributed by atoms with E-state index in [-0.39, 0.29) is 17.2 Å². The van der Waals surface area contributed by atoms with Crippen molar-refractivity contribution in [3.8, 4) is 0 Å². The zero-order chi connectivity index (χ0) is 16.7. The van der Waals surface area contributed by atoms with Gasteiger partial charge in [-0.3, -0.25) is 10.2 Å². The molecule has 0 radical (unpaired) electrons. The van der Waals surface area contributed by atoms with Gasteiger partial charge in [0.25, 0.3) is 0 Å². The van der Waals surface area contributed by atoms with Crippen LogP contribution in [-0.2, 0) is 9.53 Å². The molecule has 6 heteroatoms. The number of anilines is 1. The van der Waals surface area contributed by atoms with Gasteiger partial charge < -0.3 is 20.8 Å². The molecule has 0 atom stereocenters. The lowest BCUT2D eigenvalue weighted by atomic mass is 10.1. The standard InChI is InChI=1S/C17H20N4O2/c1-23-15(11-20-12-7-8-12)17(22)16(19)14(9-10-18)21-13-5-3-2-4-6-13/h2-6,9-12,18-21H,7-8H2,1H3/b14-9-,15-11+,18-10?,19-16?. The zero-order valence-electron chi connectivity index (χ0n) is 12.9. The molecule has 1 aliphatic rings. The monoisotopic (exact) mass is 312 g/mol. The van der Waals surface area contributed by atoms with Crippen LogP contribution in [0.1, 0.15) is 12.8 Å². The van der Waals surface area contributed by atoms with Gasteiger partial charge in [0.15, 0.2) is 5.76 Å². The van der Waals surface area contributed by atoms with Crippen LogP contribution in [0.5, 0.6) is 0 Å². The zero-order valence-corrected chi connectivity index (χ0v) is 12.9. The maximum Gasteiger partial charge on any atom is 0.248 e. The van der Waals surface area contributed by atoms with Crippen molar-refractivity contribution < 1.29 is 9.53 Å². The first-order valence-electron chi connectivity index (χ1n) is 7.32. The van der Waals surface area contributed by atoms with Crippen molar-refractivity contribution in [3.63, 3.8) is 0 Å². The molecule has 1 fully saturated rings. The molecule has 23 heavy (non-hydrogen) atoms. The summed E-state index contributed by atoms with van der Waals surface area (Å²) in [5, 5.41) is 21.4. The molecule has 4 N–H and O–H groups in total. The summed E-state index contributed by atoms with van der Waals surface area (Å²) >= 11 is 0. The number of carbonyl (C=O) groups excluding carboxylic acids is 1. The fraction of sp³-hybridized carbons (Fsp3) is 0.235. The van der Waals surface area contributed by atoms with Crippen molar-refractivity contribution in [2.24, 2.45) is 0 Å². The third-order valence-electron chi connectivity index (χ3n) is 3.27. The summed E-state index contributed by atoms with van der Waals surface area (Å²) in [7, 11) is 1.40. The number of hydrogen-bond donors (Lipinski definition) is 4. The normalized spacial score (nSPS) is 14.8.